The zero-order valence-electron chi connectivity index (χ0n) is 7.96. The second kappa shape index (κ2) is 3.62. The molecule has 0 atom stereocenters. The molecule has 1 saturated heterocycles. The number of aromatic nitrogens is 1. The molecule has 1 fully saturated rings. The topological polar surface area (TPSA) is 67.3 Å². The van der Waals surface area contributed by atoms with Crippen molar-refractivity contribution < 1.29 is 13.2 Å². The van der Waals surface area contributed by atoms with Gasteiger partial charge < -0.3 is 0 Å². The average Bonchev–Trinajstić information content (AvgIpc) is 2.58. The predicted octanol–water partition coefficient (Wildman–Crippen LogP) is 0.434. The summed E-state index contributed by atoms with van der Waals surface area (Å²) >= 11 is 0. The number of carbonyl (C=O) groups excluding carboxylic acids is 1. The van der Waals surface area contributed by atoms with E-state index < -0.39 is 10.0 Å². The molecule has 0 aliphatic carbocycles. The molecule has 6 heteroatoms. The Labute approximate surface area is 87.8 Å². The first-order valence-corrected chi connectivity index (χ1v) is 6.16. The lowest BCUT2D eigenvalue weighted by atomic mass is 10.3. The Kier molecular flexibility index (Phi) is 2.44. The van der Waals surface area contributed by atoms with Gasteiger partial charge in [-0.15, -0.1) is 0 Å². The van der Waals surface area contributed by atoms with Crippen LogP contribution in [0.4, 0.5) is 5.82 Å². The summed E-state index contributed by atoms with van der Waals surface area (Å²) in [5.74, 6) is 0.558. The summed E-state index contributed by atoms with van der Waals surface area (Å²) in [4.78, 5) is 14.3. The summed E-state index contributed by atoms with van der Waals surface area (Å²) in [6, 6.07) is 3.11. The second-order valence-corrected chi connectivity index (χ2v) is 5.32. The van der Waals surface area contributed by atoms with Gasteiger partial charge in [0.15, 0.2) is 6.29 Å². The van der Waals surface area contributed by atoms with Crippen molar-refractivity contribution in [2.75, 3.05) is 16.6 Å². The van der Waals surface area contributed by atoms with Gasteiger partial charge in [-0.05, 0) is 18.6 Å². The van der Waals surface area contributed by atoms with E-state index in [1.807, 2.05) is 0 Å². The lowest BCUT2D eigenvalue weighted by Crippen LogP contribution is -2.25. The predicted molar refractivity (Wildman–Crippen MR) is 55.4 cm³/mol. The fraction of sp³-hybridized carbons (Fsp3) is 0.333. The number of aldehydes is 1. The zero-order valence-corrected chi connectivity index (χ0v) is 8.77. The number of sulfonamides is 1. The molecule has 80 valence electrons. The molecule has 0 N–H and O–H groups in total. The highest BCUT2D eigenvalue weighted by Crippen LogP contribution is 2.21. The van der Waals surface area contributed by atoms with Crippen LogP contribution in [0, 0.1) is 0 Å². The van der Waals surface area contributed by atoms with E-state index in [-0.39, 0.29) is 5.75 Å². The van der Waals surface area contributed by atoms with Gasteiger partial charge >= 0.3 is 0 Å². The molecule has 0 spiro atoms. The number of rotatable bonds is 2. The summed E-state index contributed by atoms with van der Waals surface area (Å²) in [5, 5.41) is 0. The molecular weight excluding hydrogens is 216 g/mol. The number of carbonyl (C=O) groups is 1. The maximum Gasteiger partial charge on any atom is 0.236 e. The van der Waals surface area contributed by atoms with E-state index in [1.165, 1.54) is 10.5 Å². The summed E-state index contributed by atoms with van der Waals surface area (Å²) < 4.78 is 24.3. The highest BCUT2D eigenvalue weighted by atomic mass is 32.2. The Morgan fingerprint density at radius 1 is 1.40 bits per heavy atom. The number of hydrogen-bond donors (Lipinski definition) is 0. The molecule has 1 aliphatic heterocycles. The van der Waals surface area contributed by atoms with Crippen molar-refractivity contribution in [1.82, 2.24) is 4.98 Å². The Balaban J connectivity index is 2.34. The van der Waals surface area contributed by atoms with Crippen molar-refractivity contribution in [3.8, 4) is 0 Å². The van der Waals surface area contributed by atoms with Crippen molar-refractivity contribution in [2.45, 2.75) is 6.42 Å². The fourth-order valence-electron chi connectivity index (χ4n) is 1.51. The largest absolute Gasteiger partial charge is 0.298 e. The van der Waals surface area contributed by atoms with E-state index in [9.17, 15) is 13.2 Å². The molecule has 0 bridgehead atoms. The van der Waals surface area contributed by atoms with Gasteiger partial charge in [0.25, 0.3) is 0 Å². The lowest BCUT2D eigenvalue weighted by molar-refractivity contribution is 0.112. The number of anilines is 1. The number of nitrogens with zero attached hydrogens (tertiary/aromatic N) is 2. The van der Waals surface area contributed by atoms with Gasteiger partial charge in [0.1, 0.15) is 5.82 Å². The van der Waals surface area contributed by atoms with Crippen molar-refractivity contribution in [3.63, 3.8) is 0 Å². The van der Waals surface area contributed by atoms with Crippen LogP contribution in [-0.2, 0) is 10.0 Å². The molecule has 2 rings (SSSR count). The first kappa shape index (κ1) is 10.1. The highest BCUT2D eigenvalue weighted by molar-refractivity contribution is 7.93. The van der Waals surface area contributed by atoms with Crippen LogP contribution < -0.4 is 4.31 Å². The molecule has 15 heavy (non-hydrogen) atoms. The molecule has 0 saturated carbocycles. The molecule has 0 amide bonds. The van der Waals surface area contributed by atoms with Crippen molar-refractivity contribution in [3.05, 3.63) is 23.9 Å². The van der Waals surface area contributed by atoms with Gasteiger partial charge in [0.2, 0.25) is 10.0 Å². The third-order valence-corrected chi connectivity index (χ3v) is 4.11. The molecule has 1 aromatic rings. The normalized spacial score (nSPS) is 19.1. The van der Waals surface area contributed by atoms with Crippen LogP contribution in [0.15, 0.2) is 18.3 Å². The lowest BCUT2D eigenvalue weighted by Gasteiger charge is -2.14. The number of hydrogen-bond acceptors (Lipinski definition) is 4. The first-order valence-electron chi connectivity index (χ1n) is 4.55. The molecule has 5 nitrogen and oxygen atoms in total. The van der Waals surface area contributed by atoms with Crippen LogP contribution in [-0.4, -0.2) is 32.0 Å². The summed E-state index contributed by atoms with van der Waals surface area (Å²) in [6.07, 6.45) is 2.67. The van der Waals surface area contributed by atoms with Crippen molar-refractivity contribution in [1.29, 1.82) is 0 Å². The fourth-order valence-corrected chi connectivity index (χ4v) is 3.03. The summed E-state index contributed by atoms with van der Waals surface area (Å²) in [6.45, 7) is 0.468. The first-order chi connectivity index (χ1) is 7.13. The number of pyridine rings is 1. The quantitative estimate of drug-likeness (QED) is 0.686. The molecule has 0 radical (unpaired) electrons. The van der Waals surface area contributed by atoms with Crippen LogP contribution in [0.25, 0.3) is 0 Å². The molecule has 2 heterocycles. The molecule has 0 unspecified atom stereocenters. The minimum Gasteiger partial charge on any atom is -0.298 e. The maximum atomic E-state index is 11.5. The van der Waals surface area contributed by atoms with Crippen molar-refractivity contribution >= 4 is 22.1 Å². The SMILES string of the molecule is O=Cc1ccc(N2CCCS2(=O)=O)nc1. The minimum absolute atomic E-state index is 0.171. The third kappa shape index (κ3) is 1.85. The van der Waals surface area contributed by atoms with E-state index in [0.29, 0.717) is 30.6 Å². The summed E-state index contributed by atoms with van der Waals surface area (Å²) in [5.41, 5.74) is 0.440. The highest BCUT2D eigenvalue weighted by Gasteiger charge is 2.29. The third-order valence-electron chi connectivity index (χ3n) is 2.26. The van der Waals surface area contributed by atoms with Gasteiger partial charge in [-0.25, -0.2) is 13.4 Å². The smallest absolute Gasteiger partial charge is 0.236 e. The van der Waals surface area contributed by atoms with Gasteiger partial charge in [0.05, 0.1) is 5.75 Å². The van der Waals surface area contributed by atoms with Crippen LogP contribution in [0.5, 0.6) is 0 Å². The van der Waals surface area contributed by atoms with Crippen LogP contribution in [0.3, 0.4) is 0 Å². The van der Waals surface area contributed by atoms with E-state index in [4.69, 9.17) is 0 Å². The van der Waals surface area contributed by atoms with E-state index in [1.54, 1.807) is 12.1 Å². The monoisotopic (exact) mass is 226 g/mol. The Bertz CT molecular complexity index is 467. The Hall–Kier alpha value is -1.43. The van der Waals surface area contributed by atoms with E-state index >= 15 is 0 Å². The maximum absolute atomic E-state index is 11.5. The van der Waals surface area contributed by atoms with Crippen LogP contribution >= 0.6 is 0 Å². The average molecular weight is 226 g/mol. The standard InChI is InChI=1S/C9H10N2O3S/c12-7-8-2-3-9(10-6-8)11-4-1-5-15(11,13)14/h2-3,6-7H,1,4-5H2. The van der Waals surface area contributed by atoms with Gasteiger partial charge in [-0.3, -0.25) is 9.10 Å². The van der Waals surface area contributed by atoms with Crippen LogP contribution in [0.1, 0.15) is 16.8 Å². The van der Waals surface area contributed by atoms with Crippen molar-refractivity contribution in [2.24, 2.45) is 0 Å². The minimum atomic E-state index is -3.18. The molecule has 1 aromatic heterocycles. The van der Waals surface area contributed by atoms with Gasteiger partial charge in [-0.1, -0.05) is 0 Å². The van der Waals surface area contributed by atoms with Crippen LogP contribution in [0.2, 0.25) is 0 Å². The Morgan fingerprint density at radius 2 is 2.20 bits per heavy atom. The molecular formula is C9H10N2O3S. The second-order valence-electron chi connectivity index (χ2n) is 3.31. The zero-order chi connectivity index (χ0) is 10.9. The molecule has 1 aliphatic rings. The van der Waals surface area contributed by atoms with Gasteiger partial charge in [0, 0.05) is 18.3 Å². The van der Waals surface area contributed by atoms with Gasteiger partial charge in [-0.2, -0.15) is 0 Å². The van der Waals surface area contributed by atoms with E-state index in [2.05, 4.69) is 4.98 Å². The molecule has 0 aromatic carbocycles. The Morgan fingerprint density at radius 3 is 2.67 bits per heavy atom. The van der Waals surface area contributed by atoms with E-state index in [0.717, 1.165) is 0 Å². The summed E-state index contributed by atoms with van der Waals surface area (Å²) in [7, 11) is -3.18.